The van der Waals surface area contributed by atoms with Crippen LogP contribution in [-0.4, -0.2) is 31.7 Å². The van der Waals surface area contributed by atoms with E-state index in [9.17, 15) is 9.59 Å². The first-order valence-electron chi connectivity index (χ1n) is 8.24. The third-order valence-corrected chi connectivity index (χ3v) is 4.46. The Morgan fingerprint density at radius 2 is 1.92 bits per heavy atom. The van der Waals surface area contributed by atoms with E-state index in [-0.39, 0.29) is 24.5 Å². The van der Waals surface area contributed by atoms with Gasteiger partial charge in [-0.15, -0.1) is 0 Å². The van der Waals surface area contributed by atoms with Gasteiger partial charge in [-0.25, -0.2) is 0 Å². The molecule has 2 heterocycles. The highest BCUT2D eigenvalue weighted by Crippen LogP contribution is 2.37. The molecule has 128 valence electrons. The number of anilines is 1. The van der Waals surface area contributed by atoms with E-state index >= 15 is 0 Å². The lowest BCUT2D eigenvalue weighted by molar-refractivity contribution is -0.117. The number of hydrogen-bond donors (Lipinski definition) is 1. The smallest absolute Gasteiger partial charge is 0.251 e. The standard InChI is InChI=1S/C19H18N2O4/c22-18-8-13(10-20-19(23)14-4-2-1-3-5-14)11-21(18)15-6-7-16-17(9-15)25-12-24-16/h1-7,9,13H,8,10-12H2,(H,20,23)/t13-/m1/s1. The third kappa shape index (κ3) is 3.15. The second kappa shape index (κ2) is 6.47. The summed E-state index contributed by atoms with van der Waals surface area (Å²) < 4.78 is 10.7. The second-order valence-electron chi connectivity index (χ2n) is 6.19. The van der Waals surface area contributed by atoms with Gasteiger partial charge in [-0.3, -0.25) is 9.59 Å². The topological polar surface area (TPSA) is 67.9 Å². The normalized spacial score (nSPS) is 18.5. The lowest BCUT2D eigenvalue weighted by atomic mass is 10.1. The molecule has 0 aliphatic carbocycles. The largest absolute Gasteiger partial charge is 0.454 e. The number of hydrogen-bond acceptors (Lipinski definition) is 4. The molecule has 0 bridgehead atoms. The first-order chi connectivity index (χ1) is 12.2. The van der Waals surface area contributed by atoms with Crippen molar-refractivity contribution in [2.24, 2.45) is 5.92 Å². The molecule has 1 saturated heterocycles. The van der Waals surface area contributed by atoms with E-state index in [1.807, 2.05) is 36.4 Å². The maximum atomic E-state index is 12.3. The van der Waals surface area contributed by atoms with E-state index in [2.05, 4.69) is 5.32 Å². The number of amides is 2. The molecule has 2 amide bonds. The summed E-state index contributed by atoms with van der Waals surface area (Å²) in [7, 11) is 0. The monoisotopic (exact) mass is 338 g/mol. The van der Waals surface area contributed by atoms with Gasteiger partial charge in [0, 0.05) is 42.7 Å². The Morgan fingerprint density at radius 3 is 2.76 bits per heavy atom. The van der Waals surface area contributed by atoms with E-state index in [0.29, 0.717) is 36.6 Å². The van der Waals surface area contributed by atoms with Crippen LogP contribution in [0.15, 0.2) is 48.5 Å². The van der Waals surface area contributed by atoms with Gasteiger partial charge in [0.15, 0.2) is 11.5 Å². The van der Waals surface area contributed by atoms with Gasteiger partial charge in [-0.05, 0) is 24.3 Å². The minimum Gasteiger partial charge on any atom is -0.454 e. The Kier molecular flexibility index (Phi) is 4.01. The Bertz CT molecular complexity index is 806. The molecule has 2 aromatic rings. The molecule has 0 spiro atoms. The van der Waals surface area contributed by atoms with Crippen molar-refractivity contribution in [1.82, 2.24) is 5.32 Å². The second-order valence-corrected chi connectivity index (χ2v) is 6.19. The van der Waals surface area contributed by atoms with Gasteiger partial charge >= 0.3 is 0 Å². The Hall–Kier alpha value is -3.02. The van der Waals surface area contributed by atoms with Crippen LogP contribution in [0.1, 0.15) is 16.8 Å². The molecular formula is C19H18N2O4. The van der Waals surface area contributed by atoms with Crippen molar-refractivity contribution in [3.05, 3.63) is 54.1 Å². The van der Waals surface area contributed by atoms with Crippen LogP contribution in [0.2, 0.25) is 0 Å². The van der Waals surface area contributed by atoms with Crippen LogP contribution in [0, 0.1) is 5.92 Å². The van der Waals surface area contributed by atoms with E-state index < -0.39 is 0 Å². The predicted octanol–water partition coefficient (Wildman–Crippen LogP) is 2.20. The summed E-state index contributed by atoms with van der Waals surface area (Å²) in [4.78, 5) is 26.2. The van der Waals surface area contributed by atoms with Crippen molar-refractivity contribution >= 4 is 17.5 Å². The van der Waals surface area contributed by atoms with Crippen molar-refractivity contribution in [2.45, 2.75) is 6.42 Å². The molecule has 0 unspecified atom stereocenters. The lowest BCUT2D eigenvalue weighted by Gasteiger charge is -2.17. The summed E-state index contributed by atoms with van der Waals surface area (Å²) in [5.74, 6) is 1.38. The van der Waals surface area contributed by atoms with E-state index in [0.717, 1.165) is 5.69 Å². The van der Waals surface area contributed by atoms with Crippen molar-refractivity contribution in [2.75, 3.05) is 24.8 Å². The molecule has 6 heteroatoms. The Morgan fingerprint density at radius 1 is 1.12 bits per heavy atom. The average molecular weight is 338 g/mol. The zero-order valence-corrected chi connectivity index (χ0v) is 13.6. The Balaban J connectivity index is 1.38. The molecular weight excluding hydrogens is 320 g/mol. The zero-order chi connectivity index (χ0) is 17.2. The first-order valence-corrected chi connectivity index (χ1v) is 8.24. The van der Waals surface area contributed by atoms with Gasteiger partial charge in [0.25, 0.3) is 5.91 Å². The summed E-state index contributed by atoms with van der Waals surface area (Å²) in [6, 6.07) is 14.6. The van der Waals surface area contributed by atoms with Crippen LogP contribution in [0.3, 0.4) is 0 Å². The summed E-state index contributed by atoms with van der Waals surface area (Å²) in [5, 5.41) is 2.91. The molecule has 4 rings (SSSR count). The molecule has 0 radical (unpaired) electrons. The molecule has 6 nitrogen and oxygen atoms in total. The fraction of sp³-hybridized carbons (Fsp3) is 0.263. The number of rotatable bonds is 4. The van der Waals surface area contributed by atoms with Gasteiger partial charge in [-0.1, -0.05) is 18.2 Å². The molecule has 1 atom stereocenters. The minimum atomic E-state index is -0.116. The fourth-order valence-corrected chi connectivity index (χ4v) is 3.15. The number of benzene rings is 2. The van der Waals surface area contributed by atoms with Crippen LogP contribution in [0.5, 0.6) is 11.5 Å². The van der Waals surface area contributed by atoms with E-state index in [4.69, 9.17) is 9.47 Å². The van der Waals surface area contributed by atoms with Crippen LogP contribution in [-0.2, 0) is 4.79 Å². The molecule has 2 aliphatic rings. The highest BCUT2D eigenvalue weighted by atomic mass is 16.7. The molecule has 1 fully saturated rings. The molecule has 25 heavy (non-hydrogen) atoms. The zero-order valence-electron chi connectivity index (χ0n) is 13.6. The number of fused-ring (bicyclic) bond motifs is 1. The summed E-state index contributed by atoms with van der Waals surface area (Å²) >= 11 is 0. The predicted molar refractivity (Wildman–Crippen MR) is 91.8 cm³/mol. The number of nitrogens with one attached hydrogen (secondary N) is 1. The van der Waals surface area contributed by atoms with Crippen LogP contribution in [0.25, 0.3) is 0 Å². The molecule has 0 aromatic heterocycles. The summed E-state index contributed by atoms with van der Waals surface area (Å²) in [6.45, 7) is 1.26. The highest BCUT2D eigenvalue weighted by molar-refractivity contribution is 5.96. The molecule has 1 N–H and O–H groups in total. The third-order valence-electron chi connectivity index (χ3n) is 4.46. The average Bonchev–Trinajstić information content (AvgIpc) is 3.26. The fourth-order valence-electron chi connectivity index (χ4n) is 3.15. The maximum Gasteiger partial charge on any atom is 0.251 e. The van der Waals surface area contributed by atoms with Crippen LogP contribution < -0.4 is 19.7 Å². The van der Waals surface area contributed by atoms with Crippen molar-refractivity contribution in [1.29, 1.82) is 0 Å². The van der Waals surface area contributed by atoms with Crippen molar-refractivity contribution < 1.29 is 19.1 Å². The molecule has 2 aromatic carbocycles. The SMILES string of the molecule is O=C(NC[C@H]1CC(=O)N(c2ccc3c(c2)OCO3)C1)c1ccccc1. The van der Waals surface area contributed by atoms with Gasteiger partial charge in [0.1, 0.15) is 0 Å². The van der Waals surface area contributed by atoms with Crippen molar-refractivity contribution in [3.8, 4) is 11.5 Å². The van der Waals surface area contributed by atoms with E-state index in [1.165, 1.54) is 0 Å². The lowest BCUT2D eigenvalue weighted by Crippen LogP contribution is -2.31. The van der Waals surface area contributed by atoms with Gasteiger partial charge in [-0.2, -0.15) is 0 Å². The Labute approximate surface area is 145 Å². The number of ether oxygens (including phenoxy) is 2. The summed E-state index contributed by atoms with van der Waals surface area (Å²) in [6.07, 6.45) is 0.420. The van der Waals surface area contributed by atoms with Gasteiger partial charge in [0.05, 0.1) is 0 Å². The van der Waals surface area contributed by atoms with Crippen LogP contribution in [0.4, 0.5) is 5.69 Å². The van der Waals surface area contributed by atoms with Gasteiger partial charge < -0.3 is 19.7 Å². The van der Waals surface area contributed by atoms with E-state index in [1.54, 1.807) is 17.0 Å². The van der Waals surface area contributed by atoms with Crippen LogP contribution >= 0.6 is 0 Å². The number of nitrogens with zero attached hydrogens (tertiary/aromatic N) is 1. The van der Waals surface area contributed by atoms with Crippen molar-refractivity contribution in [3.63, 3.8) is 0 Å². The molecule has 0 saturated carbocycles. The maximum absolute atomic E-state index is 12.3. The highest BCUT2D eigenvalue weighted by Gasteiger charge is 2.31. The number of carbonyl (C=O) groups is 2. The minimum absolute atomic E-state index is 0.0535. The molecule has 2 aliphatic heterocycles. The first kappa shape index (κ1) is 15.5. The summed E-state index contributed by atoms with van der Waals surface area (Å²) in [5.41, 5.74) is 1.42. The quantitative estimate of drug-likeness (QED) is 0.928. The number of carbonyl (C=O) groups excluding carboxylic acids is 2. The van der Waals surface area contributed by atoms with Gasteiger partial charge in [0.2, 0.25) is 12.7 Å².